The molecule has 0 aliphatic rings. The second-order valence-electron chi connectivity index (χ2n) is 4.56. The maximum atomic E-state index is 13.4. The van der Waals surface area contributed by atoms with Gasteiger partial charge in [-0.1, -0.05) is 18.2 Å². The molecule has 2 aromatic carbocycles. The van der Waals surface area contributed by atoms with Crippen LogP contribution < -0.4 is 4.18 Å². The van der Waals surface area contributed by atoms with Crippen molar-refractivity contribution in [3.8, 4) is 5.75 Å². The molecule has 0 aliphatic carbocycles. The summed E-state index contributed by atoms with van der Waals surface area (Å²) in [6, 6.07) is 5.64. The lowest BCUT2D eigenvalue weighted by Gasteiger charge is -2.10. The van der Waals surface area contributed by atoms with Gasteiger partial charge in [0.1, 0.15) is 11.6 Å². The molecule has 9 heteroatoms. The molecular formula is C14H9F5O3S. The molecule has 0 radical (unpaired) electrons. The monoisotopic (exact) mass is 352 g/mol. The predicted molar refractivity (Wildman–Crippen MR) is 71.1 cm³/mol. The lowest BCUT2D eigenvalue weighted by atomic mass is 10.1. The van der Waals surface area contributed by atoms with E-state index in [1.165, 1.54) is 0 Å². The quantitative estimate of drug-likeness (QED) is 0.619. The van der Waals surface area contributed by atoms with Crippen LogP contribution in [0.5, 0.6) is 5.75 Å². The van der Waals surface area contributed by atoms with Crippen LogP contribution in [0.1, 0.15) is 11.1 Å². The molecular weight excluding hydrogens is 343 g/mol. The average Bonchev–Trinajstić information content (AvgIpc) is 2.41. The number of hydrogen-bond donors (Lipinski definition) is 0. The summed E-state index contributed by atoms with van der Waals surface area (Å²) in [6.07, 6.45) is -4.62. The lowest BCUT2D eigenvalue weighted by molar-refractivity contribution is -0.137. The molecule has 0 bridgehead atoms. The van der Waals surface area contributed by atoms with E-state index in [9.17, 15) is 30.4 Å². The molecule has 0 heterocycles. The Morgan fingerprint density at radius 2 is 1.70 bits per heavy atom. The Labute approximate surface area is 128 Å². The minimum Gasteiger partial charge on any atom is -0.379 e. The van der Waals surface area contributed by atoms with Gasteiger partial charge in [0.25, 0.3) is 0 Å². The Balaban J connectivity index is 2.21. The fraction of sp³-hybridized carbons (Fsp3) is 0.143. The molecule has 0 atom stereocenters. The zero-order valence-electron chi connectivity index (χ0n) is 11.3. The number of halogens is 5. The zero-order chi connectivity index (χ0) is 17.3. The standard InChI is InChI=1S/C14H9F5O3S/c15-11-4-5-13(12(16)7-11)22-23(20,21)8-9-2-1-3-10(6-9)14(17,18)19/h1-7H,8H2. The van der Waals surface area contributed by atoms with Gasteiger partial charge in [-0.25, -0.2) is 8.78 Å². The summed E-state index contributed by atoms with van der Waals surface area (Å²) in [5.41, 5.74) is -1.19. The molecule has 0 fully saturated rings. The van der Waals surface area contributed by atoms with Gasteiger partial charge in [0, 0.05) is 6.07 Å². The maximum absolute atomic E-state index is 13.4. The molecule has 0 saturated heterocycles. The van der Waals surface area contributed by atoms with E-state index in [0.717, 1.165) is 30.3 Å². The number of benzene rings is 2. The van der Waals surface area contributed by atoms with Gasteiger partial charge in [0.2, 0.25) is 0 Å². The number of rotatable bonds is 4. The van der Waals surface area contributed by atoms with Gasteiger partial charge in [-0.2, -0.15) is 21.6 Å². The van der Waals surface area contributed by atoms with E-state index in [1.54, 1.807) is 0 Å². The Hall–Kier alpha value is -2.16. The lowest BCUT2D eigenvalue weighted by Crippen LogP contribution is -2.14. The van der Waals surface area contributed by atoms with Crippen molar-refractivity contribution in [3.05, 3.63) is 65.2 Å². The van der Waals surface area contributed by atoms with Gasteiger partial charge in [0.05, 0.1) is 5.56 Å². The first-order valence-electron chi connectivity index (χ1n) is 6.10. The molecule has 0 N–H and O–H groups in total. The average molecular weight is 352 g/mol. The van der Waals surface area contributed by atoms with Gasteiger partial charge in [-0.05, 0) is 23.8 Å². The van der Waals surface area contributed by atoms with Crippen LogP contribution in [0.3, 0.4) is 0 Å². The van der Waals surface area contributed by atoms with Crippen molar-refractivity contribution < 1.29 is 34.6 Å². The van der Waals surface area contributed by atoms with Crippen LogP contribution in [0.25, 0.3) is 0 Å². The van der Waals surface area contributed by atoms with Crippen molar-refractivity contribution in [2.45, 2.75) is 11.9 Å². The summed E-state index contributed by atoms with van der Waals surface area (Å²) in [7, 11) is -4.42. The van der Waals surface area contributed by atoms with Crippen molar-refractivity contribution in [2.24, 2.45) is 0 Å². The second-order valence-corrected chi connectivity index (χ2v) is 6.13. The van der Waals surface area contributed by atoms with Crippen molar-refractivity contribution in [1.29, 1.82) is 0 Å². The van der Waals surface area contributed by atoms with Crippen LogP contribution in [0.15, 0.2) is 42.5 Å². The van der Waals surface area contributed by atoms with E-state index in [-0.39, 0.29) is 5.56 Å². The minimum absolute atomic E-state index is 0.178. The van der Waals surface area contributed by atoms with E-state index in [4.69, 9.17) is 0 Å². The van der Waals surface area contributed by atoms with Crippen LogP contribution in [0.2, 0.25) is 0 Å². The highest BCUT2D eigenvalue weighted by molar-refractivity contribution is 7.86. The molecule has 0 unspecified atom stereocenters. The Morgan fingerprint density at radius 3 is 2.30 bits per heavy atom. The van der Waals surface area contributed by atoms with E-state index in [2.05, 4.69) is 4.18 Å². The molecule has 23 heavy (non-hydrogen) atoms. The van der Waals surface area contributed by atoms with E-state index >= 15 is 0 Å². The van der Waals surface area contributed by atoms with Crippen molar-refractivity contribution in [1.82, 2.24) is 0 Å². The van der Waals surface area contributed by atoms with Crippen molar-refractivity contribution in [3.63, 3.8) is 0 Å². The normalized spacial score (nSPS) is 12.2. The van der Waals surface area contributed by atoms with Crippen molar-refractivity contribution in [2.75, 3.05) is 0 Å². The van der Waals surface area contributed by atoms with E-state index in [1.807, 2.05) is 0 Å². The van der Waals surface area contributed by atoms with Crippen LogP contribution in [0, 0.1) is 11.6 Å². The summed E-state index contributed by atoms with van der Waals surface area (Å²) >= 11 is 0. The molecule has 3 nitrogen and oxygen atoms in total. The first kappa shape index (κ1) is 17.2. The third-order valence-electron chi connectivity index (χ3n) is 2.71. The molecule has 2 aromatic rings. The van der Waals surface area contributed by atoms with E-state index in [0.29, 0.717) is 12.1 Å². The van der Waals surface area contributed by atoms with Gasteiger partial charge < -0.3 is 4.18 Å². The Bertz CT molecular complexity index is 815. The minimum atomic E-state index is -4.62. The Morgan fingerprint density at radius 1 is 1.00 bits per heavy atom. The number of alkyl halides is 3. The summed E-state index contributed by atoms with van der Waals surface area (Å²) in [4.78, 5) is 0. The summed E-state index contributed by atoms with van der Waals surface area (Å²) in [6.45, 7) is 0. The number of hydrogen-bond acceptors (Lipinski definition) is 3. The first-order valence-corrected chi connectivity index (χ1v) is 7.68. The fourth-order valence-electron chi connectivity index (χ4n) is 1.75. The van der Waals surface area contributed by atoms with Gasteiger partial charge in [-0.15, -0.1) is 0 Å². The smallest absolute Gasteiger partial charge is 0.379 e. The molecule has 0 aromatic heterocycles. The SMILES string of the molecule is O=S(=O)(Cc1cccc(C(F)(F)F)c1)Oc1ccc(F)cc1F. The summed E-state index contributed by atoms with van der Waals surface area (Å²) < 4.78 is 91.9. The highest BCUT2D eigenvalue weighted by atomic mass is 32.2. The fourth-order valence-corrected chi connectivity index (χ4v) is 2.81. The molecule has 0 amide bonds. The topological polar surface area (TPSA) is 43.4 Å². The molecule has 0 aliphatic heterocycles. The van der Waals surface area contributed by atoms with Crippen LogP contribution in [-0.2, 0) is 22.0 Å². The molecule has 0 saturated carbocycles. The molecule has 2 rings (SSSR count). The highest BCUT2D eigenvalue weighted by Crippen LogP contribution is 2.30. The maximum Gasteiger partial charge on any atom is 0.416 e. The van der Waals surface area contributed by atoms with Gasteiger partial charge >= 0.3 is 16.3 Å². The Kier molecular flexibility index (Phi) is 4.60. The zero-order valence-corrected chi connectivity index (χ0v) is 12.1. The van der Waals surface area contributed by atoms with Crippen LogP contribution >= 0.6 is 0 Å². The summed E-state index contributed by atoms with van der Waals surface area (Å²) in [5.74, 6) is -3.80. The third-order valence-corrected chi connectivity index (χ3v) is 3.83. The third kappa shape index (κ3) is 4.65. The van der Waals surface area contributed by atoms with Crippen LogP contribution in [-0.4, -0.2) is 8.42 Å². The van der Waals surface area contributed by atoms with Crippen LogP contribution in [0.4, 0.5) is 22.0 Å². The van der Waals surface area contributed by atoms with E-state index < -0.39 is 45.0 Å². The van der Waals surface area contributed by atoms with Gasteiger partial charge in [-0.3, -0.25) is 0 Å². The second kappa shape index (κ2) is 6.15. The largest absolute Gasteiger partial charge is 0.416 e. The van der Waals surface area contributed by atoms with Crippen molar-refractivity contribution >= 4 is 10.1 Å². The molecule has 124 valence electrons. The first-order chi connectivity index (χ1) is 10.6. The summed E-state index contributed by atoms with van der Waals surface area (Å²) in [5, 5.41) is 0. The predicted octanol–water partition coefficient (Wildman–Crippen LogP) is 3.89. The highest BCUT2D eigenvalue weighted by Gasteiger charge is 2.30. The molecule has 0 spiro atoms. The van der Waals surface area contributed by atoms with Gasteiger partial charge in [0.15, 0.2) is 11.6 Å².